The smallest absolute Gasteiger partial charge is 0.196 e. The van der Waals surface area contributed by atoms with Crippen LogP contribution in [0.2, 0.25) is 0 Å². The lowest BCUT2D eigenvalue weighted by atomic mass is 10.2. The Labute approximate surface area is 154 Å². The Hall–Kier alpha value is -2.44. The molecule has 0 atom stereocenters. The number of nitrogens with zero attached hydrogens (tertiary/aromatic N) is 4. The summed E-state index contributed by atoms with van der Waals surface area (Å²) in [4.78, 5) is 4.53. The number of thiazole rings is 1. The third-order valence-corrected chi connectivity index (χ3v) is 5.48. The number of hydrogen-bond donors (Lipinski definition) is 0. The van der Waals surface area contributed by atoms with Gasteiger partial charge in [-0.3, -0.25) is 4.57 Å². The summed E-state index contributed by atoms with van der Waals surface area (Å²) in [5.41, 5.74) is 3.19. The van der Waals surface area contributed by atoms with Crippen molar-refractivity contribution in [1.82, 2.24) is 19.7 Å². The normalized spacial score (nSPS) is 10.9. The molecular weight excluding hydrogens is 348 g/mol. The minimum absolute atomic E-state index is 0.782. The van der Waals surface area contributed by atoms with E-state index in [9.17, 15) is 0 Å². The highest BCUT2D eigenvalue weighted by Gasteiger charge is 2.16. The van der Waals surface area contributed by atoms with Crippen LogP contribution in [0.3, 0.4) is 0 Å². The fourth-order valence-corrected chi connectivity index (χ4v) is 4.12. The topological polar surface area (TPSA) is 43.6 Å². The Bertz CT molecular complexity index is 962. The van der Waals surface area contributed by atoms with Crippen molar-refractivity contribution in [3.05, 3.63) is 76.7 Å². The average molecular weight is 364 g/mol. The van der Waals surface area contributed by atoms with E-state index in [4.69, 9.17) is 0 Å². The van der Waals surface area contributed by atoms with Gasteiger partial charge in [0.15, 0.2) is 11.0 Å². The van der Waals surface area contributed by atoms with Gasteiger partial charge in [-0.2, -0.15) is 0 Å². The van der Waals surface area contributed by atoms with Gasteiger partial charge in [-0.1, -0.05) is 60.3 Å². The molecule has 0 amide bonds. The van der Waals surface area contributed by atoms with Gasteiger partial charge in [0.2, 0.25) is 0 Å². The highest BCUT2D eigenvalue weighted by molar-refractivity contribution is 7.98. The van der Waals surface area contributed by atoms with Crippen molar-refractivity contribution >= 4 is 23.1 Å². The van der Waals surface area contributed by atoms with Crippen molar-refractivity contribution in [2.75, 3.05) is 0 Å². The zero-order chi connectivity index (χ0) is 17.1. The number of hydrogen-bond acceptors (Lipinski definition) is 5. The molecule has 0 saturated heterocycles. The van der Waals surface area contributed by atoms with Crippen molar-refractivity contribution in [1.29, 1.82) is 0 Å². The van der Waals surface area contributed by atoms with Gasteiger partial charge in [0.05, 0.1) is 10.7 Å². The van der Waals surface area contributed by atoms with E-state index in [-0.39, 0.29) is 0 Å². The summed E-state index contributed by atoms with van der Waals surface area (Å²) in [7, 11) is 0. The minimum Gasteiger partial charge on any atom is -0.270 e. The summed E-state index contributed by atoms with van der Waals surface area (Å²) >= 11 is 3.33. The molecule has 2 heterocycles. The van der Waals surface area contributed by atoms with Gasteiger partial charge in [-0.15, -0.1) is 21.5 Å². The van der Waals surface area contributed by atoms with E-state index in [0.29, 0.717) is 0 Å². The molecule has 0 N–H and O–H groups in total. The van der Waals surface area contributed by atoms with Crippen LogP contribution in [0.4, 0.5) is 0 Å². The van der Waals surface area contributed by atoms with Gasteiger partial charge in [-0.05, 0) is 19.1 Å². The Balaban J connectivity index is 1.73. The molecule has 124 valence electrons. The van der Waals surface area contributed by atoms with Crippen LogP contribution < -0.4 is 0 Å². The molecular formula is C19H16N4S2. The van der Waals surface area contributed by atoms with Gasteiger partial charge < -0.3 is 0 Å². The number of thioether (sulfide) groups is 1. The van der Waals surface area contributed by atoms with Crippen molar-refractivity contribution in [3.63, 3.8) is 0 Å². The summed E-state index contributed by atoms with van der Waals surface area (Å²) in [6.45, 7) is 2.03. The summed E-state index contributed by atoms with van der Waals surface area (Å²) < 4.78 is 2.11. The van der Waals surface area contributed by atoms with Crippen LogP contribution in [0.25, 0.3) is 17.1 Å². The first-order chi connectivity index (χ1) is 12.3. The molecule has 0 radical (unpaired) electrons. The molecule has 2 aromatic heterocycles. The van der Waals surface area contributed by atoms with Gasteiger partial charge >= 0.3 is 0 Å². The molecule has 25 heavy (non-hydrogen) atoms. The maximum atomic E-state index is 4.53. The largest absolute Gasteiger partial charge is 0.270 e. The maximum absolute atomic E-state index is 4.53. The lowest BCUT2D eigenvalue weighted by Gasteiger charge is -2.10. The van der Waals surface area contributed by atoms with E-state index in [1.54, 1.807) is 23.1 Å². The second-order valence-electron chi connectivity index (χ2n) is 5.49. The van der Waals surface area contributed by atoms with Crippen LogP contribution in [-0.2, 0) is 5.75 Å². The van der Waals surface area contributed by atoms with Crippen molar-refractivity contribution in [2.24, 2.45) is 0 Å². The SMILES string of the molecule is Cc1nc(CSc2nnc(-c3ccccc3)n2-c2ccccc2)cs1. The number of rotatable bonds is 5. The van der Waals surface area contributed by atoms with Crippen LogP contribution >= 0.6 is 23.1 Å². The minimum atomic E-state index is 0.782. The molecule has 0 saturated carbocycles. The predicted octanol–water partition coefficient (Wildman–Crippen LogP) is 4.99. The monoisotopic (exact) mass is 364 g/mol. The number of para-hydroxylation sites is 1. The molecule has 2 aromatic carbocycles. The van der Waals surface area contributed by atoms with E-state index in [1.165, 1.54) is 0 Å². The number of aromatic nitrogens is 4. The molecule has 6 heteroatoms. The zero-order valence-corrected chi connectivity index (χ0v) is 15.3. The van der Waals surface area contributed by atoms with Crippen LogP contribution in [0.5, 0.6) is 0 Å². The first-order valence-electron chi connectivity index (χ1n) is 7.91. The van der Waals surface area contributed by atoms with E-state index in [2.05, 4.69) is 49.4 Å². The fourth-order valence-electron chi connectivity index (χ4n) is 2.56. The van der Waals surface area contributed by atoms with Crippen LogP contribution in [-0.4, -0.2) is 19.7 Å². The first kappa shape index (κ1) is 16.1. The van der Waals surface area contributed by atoms with Crippen LogP contribution in [0, 0.1) is 6.92 Å². The highest BCUT2D eigenvalue weighted by Crippen LogP contribution is 2.29. The summed E-state index contributed by atoms with van der Waals surface area (Å²) in [6.07, 6.45) is 0. The number of aryl methyl sites for hydroxylation is 1. The Morgan fingerprint density at radius 2 is 1.68 bits per heavy atom. The third kappa shape index (κ3) is 3.50. The van der Waals surface area contributed by atoms with Gasteiger partial charge in [-0.25, -0.2) is 4.98 Å². The average Bonchev–Trinajstić information content (AvgIpc) is 3.27. The molecule has 4 nitrogen and oxygen atoms in total. The summed E-state index contributed by atoms with van der Waals surface area (Å²) in [6, 6.07) is 20.4. The van der Waals surface area contributed by atoms with E-state index >= 15 is 0 Å². The number of benzene rings is 2. The zero-order valence-electron chi connectivity index (χ0n) is 13.7. The van der Waals surface area contributed by atoms with Crippen LogP contribution in [0.15, 0.2) is 71.2 Å². The van der Waals surface area contributed by atoms with Crippen LogP contribution in [0.1, 0.15) is 10.7 Å². The molecule has 0 spiro atoms. The molecule has 4 rings (SSSR count). The lowest BCUT2D eigenvalue weighted by molar-refractivity contribution is 0.885. The van der Waals surface area contributed by atoms with E-state index < -0.39 is 0 Å². The standard InChI is InChI=1S/C19H16N4S2/c1-14-20-16(12-24-14)13-25-19-22-21-18(15-8-4-2-5-9-15)23(19)17-10-6-3-7-11-17/h2-12H,13H2,1H3. The van der Waals surface area contributed by atoms with Crippen molar-refractivity contribution in [3.8, 4) is 17.1 Å². The molecule has 0 fully saturated rings. The molecule has 0 bridgehead atoms. The Morgan fingerprint density at radius 1 is 0.960 bits per heavy atom. The van der Waals surface area contributed by atoms with Gasteiger partial charge in [0.1, 0.15) is 0 Å². The van der Waals surface area contributed by atoms with Gasteiger partial charge in [0.25, 0.3) is 0 Å². The molecule has 4 aromatic rings. The predicted molar refractivity (Wildman–Crippen MR) is 103 cm³/mol. The molecule has 0 aliphatic rings. The second-order valence-corrected chi connectivity index (χ2v) is 7.49. The first-order valence-corrected chi connectivity index (χ1v) is 9.78. The maximum Gasteiger partial charge on any atom is 0.196 e. The molecule has 0 aliphatic carbocycles. The summed E-state index contributed by atoms with van der Waals surface area (Å²) in [5.74, 6) is 1.63. The summed E-state index contributed by atoms with van der Waals surface area (Å²) in [5, 5.41) is 13.0. The Kier molecular flexibility index (Phi) is 4.63. The molecule has 0 unspecified atom stereocenters. The Morgan fingerprint density at radius 3 is 2.36 bits per heavy atom. The quantitative estimate of drug-likeness (QED) is 0.468. The fraction of sp³-hybridized carbons (Fsp3) is 0.105. The molecule has 0 aliphatic heterocycles. The van der Waals surface area contributed by atoms with E-state index in [0.717, 1.165) is 38.7 Å². The highest BCUT2D eigenvalue weighted by atomic mass is 32.2. The van der Waals surface area contributed by atoms with Gasteiger partial charge in [0, 0.05) is 22.4 Å². The third-order valence-electron chi connectivity index (χ3n) is 3.70. The second kappa shape index (κ2) is 7.21. The van der Waals surface area contributed by atoms with E-state index in [1.807, 2.05) is 43.3 Å². The van der Waals surface area contributed by atoms with Crippen molar-refractivity contribution in [2.45, 2.75) is 17.8 Å². The van der Waals surface area contributed by atoms with Crippen molar-refractivity contribution < 1.29 is 0 Å². The lowest BCUT2D eigenvalue weighted by Crippen LogP contribution is -1.99.